The predicted molar refractivity (Wildman–Crippen MR) is 80.1 cm³/mol. The van der Waals surface area contributed by atoms with Gasteiger partial charge in [0.25, 0.3) is 0 Å². The first-order valence-corrected chi connectivity index (χ1v) is 7.69. The van der Waals surface area contributed by atoms with E-state index in [-0.39, 0.29) is 0 Å². The van der Waals surface area contributed by atoms with Crippen LogP contribution in [0.1, 0.15) is 37.3 Å². The van der Waals surface area contributed by atoms with Gasteiger partial charge in [-0.15, -0.1) is 0 Å². The third kappa shape index (κ3) is 2.85. The van der Waals surface area contributed by atoms with Gasteiger partial charge in [0, 0.05) is 18.6 Å². The summed E-state index contributed by atoms with van der Waals surface area (Å²) >= 11 is 0. The molecule has 0 spiro atoms. The minimum atomic E-state index is 0.486. The van der Waals surface area contributed by atoms with Gasteiger partial charge in [-0.1, -0.05) is 36.8 Å². The fourth-order valence-corrected chi connectivity index (χ4v) is 4.03. The Labute approximate surface area is 117 Å². The molecule has 2 heteroatoms. The number of rotatable bonds is 5. The fourth-order valence-electron chi connectivity index (χ4n) is 4.03. The van der Waals surface area contributed by atoms with E-state index in [9.17, 15) is 0 Å². The van der Waals surface area contributed by atoms with Crippen LogP contribution in [0, 0.1) is 11.8 Å². The quantitative estimate of drug-likeness (QED) is 0.873. The zero-order chi connectivity index (χ0) is 13.2. The van der Waals surface area contributed by atoms with E-state index in [1.165, 1.54) is 31.2 Å². The van der Waals surface area contributed by atoms with Gasteiger partial charge in [0.15, 0.2) is 0 Å². The molecule has 4 atom stereocenters. The number of benzene rings is 1. The van der Waals surface area contributed by atoms with Crippen molar-refractivity contribution in [2.45, 2.75) is 37.8 Å². The summed E-state index contributed by atoms with van der Waals surface area (Å²) in [7, 11) is 4.36. The van der Waals surface area contributed by atoms with E-state index in [1.807, 2.05) is 0 Å². The van der Waals surface area contributed by atoms with Crippen LogP contribution in [0.15, 0.2) is 30.3 Å². The molecular formula is C17H26N2. The lowest BCUT2D eigenvalue weighted by atomic mass is 9.95. The molecule has 2 nitrogen and oxygen atoms in total. The van der Waals surface area contributed by atoms with Crippen LogP contribution in [0.5, 0.6) is 0 Å². The van der Waals surface area contributed by atoms with E-state index >= 15 is 0 Å². The SMILES string of the molecule is CN(C)C(CNC1CC2CCC1C2)c1ccccc1. The van der Waals surface area contributed by atoms with Crippen LogP contribution < -0.4 is 5.32 Å². The second-order valence-electron chi connectivity index (χ2n) is 6.58. The smallest absolute Gasteiger partial charge is 0.0466 e. The maximum absolute atomic E-state index is 3.85. The molecule has 2 fully saturated rings. The monoisotopic (exact) mass is 258 g/mol. The summed E-state index contributed by atoms with van der Waals surface area (Å²) in [6.45, 7) is 1.07. The van der Waals surface area contributed by atoms with Gasteiger partial charge in [0.2, 0.25) is 0 Å². The molecule has 0 radical (unpaired) electrons. The number of fused-ring (bicyclic) bond motifs is 2. The zero-order valence-electron chi connectivity index (χ0n) is 12.2. The van der Waals surface area contributed by atoms with E-state index in [4.69, 9.17) is 0 Å². The third-order valence-corrected chi connectivity index (χ3v) is 5.12. The van der Waals surface area contributed by atoms with Crippen molar-refractivity contribution in [2.75, 3.05) is 20.6 Å². The van der Waals surface area contributed by atoms with Gasteiger partial charge in [-0.25, -0.2) is 0 Å². The first-order valence-electron chi connectivity index (χ1n) is 7.69. The lowest BCUT2D eigenvalue weighted by Gasteiger charge is -2.29. The number of hydrogen-bond donors (Lipinski definition) is 1. The largest absolute Gasteiger partial charge is 0.312 e. The van der Waals surface area contributed by atoms with Crippen molar-refractivity contribution in [3.05, 3.63) is 35.9 Å². The maximum atomic E-state index is 3.85. The van der Waals surface area contributed by atoms with Gasteiger partial charge in [0.05, 0.1) is 0 Å². The maximum Gasteiger partial charge on any atom is 0.0466 e. The Kier molecular flexibility index (Phi) is 3.90. The van der Waals surface area contributed by atoms with Gasteiger partial charge in [-0.05, 0) is 50.8 Å². The van der Waals surface area contributed by atoms with Crippen molar-refractivity contribution in [3.63, 3.8) is 0 Å². The number of hydrogen-bond acceptors (Lipinski definition) is 2. The van der Waals surface area contributed by atoms with Gasteiger partial charge in [0.1, 0.15) is 0 Å². The minimum Gasteiger partial charge on any atom is -0.312 e. The standard InChI is InChI=1S/C17H26N2/c1-19(2)17(14-6-4-3-5-7-14)12-18-16-11-13-8-9-15(16)10-13/h3-7,13,15-18H,8-12H2,1-2H3. The molecule has 1 N–H and O–H groups in total. The number of nitrogens with one attached hydrogen (secondary N) is 1. The Balaban J connectivity index is 1.60. The van der Waals surface area contributed by atoms with E-state index in [0.29, 0.717) is 6.04 Å². The average Bonchev–Trinajstić information content (AvgIpc) is 3.02. The summed E-state index contributed by atoms with van der Waals surface area (Å²) in [5.41, 5.74) is 1.42. The second-order valence-corrected chi connectivity index (χ2v) is 6.58. The van der Waals surface area contributed by atoms with Crippen molar-refractivity contribution in [1.29, 1.82) is 0 Å². The minimum absolute atomic E-state index is 0.486. The fraction of sp³-hybridized carbons (Fsp3) is 0.647. The Morgan fingerprint density at radius 3 is 2.53 bits per heavy atom. The third-order valence-electron chi connectivity index (χ3n) is 5.12. The van der Waals surface area contributed by atoms with Crippen LogP contribution in [0.4, 0.5) is 0 Å². The van der Waals surface area contributed by atoms with E-state index in [2.05, 4.69) is 54.6 Å². The Hall–Kier alpha value is -0.860. The summed E-state index contributed by atoms with van der Waals surface area (Å²) in [6, 6.07) is 12.1. The highest BCUT2D eigenvalue weighted by Crippen LogP contribution is 2.44. The van der Waals surface area contributed by atoms with Crippen LogP contribution in [0.3, 0.4) is 0 Å². The van der Waals surface area contributed by atoms with Gasteiger partial charge >= 0.3 is 0 Å². The van der Waals surface area contributed by atoms with Crippen LogP contribution in [0.2, 0.25) is 0 Å². The van der Waals surface area contributed by atoms with Crippen molar-refractivity contribution in [2.24, 2.45) is 11.8 Å². The summed E-state index contributed by atoms with van der Waals surface area (Å²) in [5, 5.41) is 3.85. The average molecular weight is 258 g/mol. The first-order chi connectivity index (χ1) is 9.24. The van der Waals surface area contributed by atoms with Crippen molar-refractivity contribution >= 4 is 0 Å². The van der Waals surface area contributed by atoms with Crippen molar-refractivity contribution < 1.29 is 0 Å². The summed E-state index contributed by atoms with van der Waals surface area (Å²) in [4.78, 5) is 2.33. The second kappa shape index (κ2) is 5.64. The van der Waals surface area contributed by atoms with Crippen LogP contribution in [-0.4, -0.2) is 31.6 Å². The molecule has 0 aromatic heterocycles. The van der Waals surface area contributed by atoms with Gasteiger partial charge in [-0.2, -0.15) is 0 Å². The normalized spacial score (nSPS) is 31.0. The van der Waals surface area contributed by atoms with Crippen molar-refractivity contribution in [1.82, 2.24) is 10.2 Å². The Morgan fingerprint density at radius 1 is 1.16 bits per heavy atom. The highest BCUT2D eigenvalue weighted by Gasteiger charge is 2.39. The zero-order valence-corrected chi connectivity index (χ0v) is 12.2. The molecule has 2 saturated carbocycles. The van der Waals surface area contributed by atoms with Crippen LogP contribution in [-0.2, 0) is 0 Å². The van der Waals surface area contributed by atoms with Crippen LogP contribution in [0.25, 0.3) is 0 Å². The molecule has 104 valence electrons. The molecule has 1 aromatic rings. The van der Waals surface area contributed by atoms with E-state index in [0.717, 1.165) is 24.4 Å². The highest BCUT2D eigenvalue weighted by atomic mass is 15.1. The predicted octanol–water partition coefficient (Wildman–Crippen LogP) is 3.07. The molecule has 0 amide bonds. The Morgan fingerprint density at radius 2 is 1.95 bits per heavy atom. The molecule has 1 aromatic carbocycles. The molecule has 0 saturated heterocycles. The molecule has 0 aliphatic heterocycles. The van der Waals surface area contributed by atoms with Gasteiger partial charge in [-0.3, -0.25) is 0 Å². The lowest BCUT2D eigenvalue weighted by molar-refractivity contribution is 0.259. The highest BCUT2D eigenvalue weighted by molar-refractivity contribution is 5.19. The number of nitrogens with zero attached hydrogens (tertiary/aromatic N) is 1. The van der Waals surface area contributed by atoms with E-state index in [1.54, 1.807) is 0 Å². The summed E-state index contributed by atoms with van der Waals surface area (Å²) in [5.74, 6) is 1.99. The number of likely N-dealkylation sites (N-methyl/N-ethyl adjacent to an activating group) is 1. The summed E-state index contributed by atoms with van der Waals surface area (Å²) < 4.78 is 0. The first kappa shape index (κ1) is 13.1. The molecular weight excluding hydrogens is 232 g/mol. The molecule has 2 bridgehead atoms. The lowest BCUT2D eigenvalue weighted by Crippen LogP contribution is -2.39. The molecule has 3 rings (SSSR count). The van der Waals surface area contributed by atoms with Crippen LogP contribution >= 0.6 is 0 Å². The molecule has 19 heavy (non-hydrogen) atoms. The van der Waals surface area contributed by atoms with Crippen molar-refractivity contribution in [3.8, 4) is 0 Å². The summed E-state index contributed by atoms with van der Waals surface area (Å²) in [6.07, 6.45) is 5.84. The topological polar surface area (TPSA) is 15.3 Å². The molecule has 0 heterocycles. The van der Waals surface area contributed by atoms with Gasteiger partial charge < -0.3 is 10.2 Å². The molecule has 2 aliphatic rings. The van der Waals surface area contributed by atoms with E-state index < -0.39 is 0 Å². The Bertz CT molecular complexity index is 401. The molecule has 4 unspecified atom stereocenters. The molecule has 2 aliphatic carbocycles.